The second-order valence-corrected chi connectivity index (χ2v) is 5.60. The smallest absolute Gasteiger partial charge is 0.324 e. The van der Waals surface area contributed by atoms with Crippen molar-refractivity contribution in [2.75, 3.05) is 0 Å². The van der Waals surface area contributed by atoms with Gasteiger partial charge < -0.3 is 5.73 Å². The molecule has 0 saturated carbocycles. The van der Waals surface area contributed by atoms with Gasteiger partial charge in [-0.25, -0.2) is 4.79 Å². The lowest BCUT2D eigenvalue weighted by Crippen LogP contribution is -2.19. The third kappa shape index (κ3) is 2.80. The third-order valence-electron chi connectivity index (χ3n) is 4.09. The van der Waals surface area contributed by atoms with Crippen molar-refractivity contribution in [2.24, 2.45) is 19.8 Å². The van der Waals surface area contributed by atoms with Crippen LogP contribution in [0, 0.1) is 0 Å². The molecule has 2 aromatic rings. The lowest BCUT2D eigenvalue weighted by atomic mass is 10.0. The minimum atomic E-state index is 0.00803. The Bertz CT molecular complexity index is 639. The number of aryl methyl sites for hydroxylation is 2. The first kappa shape index (κ1) is 14.9. The Morgan fingerprint density at radius 1 is 1.10 bits per heavy atom. The second-order valence-electron chi connectivity index (χ2n) is 5.60. The van der Waals surface area contributed by atoms with Gasteiger partial charge in [0.25, 0.3) is 0 Å². The van der Waals surface area contributed by atoms with Gasteiger partial charge in [-0.2, -0.15) is 0 Å². The molecule has 0 saturated heterocycles. The largest absolute Gasteiger partial charge is 0.328 e. The van der Waals surface area contributed by atoms with Gasteiger partial charge in [-0.1, -0.05) is 38.7 Å². The van der Waals surface area contributed by atoms with Crippen molar-refractivity contribution in [2.45, 2.75) is 45.1 Å². The van der Waals surface area contributed by atoms with Gasteiger partial charge in [-0.3, -0.25) is 9.13 Å². The van der Waals surface area contributed by atoms with Crippen LogP contribution in [0.15, 0.2) is 23.0 Å². The van der Waals surface area contributed by atoms with Gasteiger partial charge in [0.2, 0.25) is 0 Å². The SMILES string of the molecule is CCCCCCC(N)c1ccc2c(c1)n(C)c(=O)n2C. The molecule has 20 heavy (non-hydrogen) atoms. The molecule has 0 radical (unpaired) electrons. The summed E-state index contributed by atoms with van der Waals surface area (Å²) >= 11 is 0. The molecule has 1 aromatic heterocycles. The number of hydrogen-bond donors (Lipinski definition) is 1. The van der Waals surface area contributed by atoms with E-state index >= 15 is 0 Å². The molecule has 0 aliphatic rings. The molecule has 2 N–H and O–H groups in total. The summed E-state index contributed by atoms with van der Waals surface area (Å²) in [6.07, 6.45) is 5.94. The number of unbranched alkanes of at least 4 members (excludes halogenated alkanes) is 3. The van der Waals surface area contributed by atoms with E-state index in [-0.39, 0.29) is 11.7 Å². The highest BCUT2D eigenvalue weighted by molar-refractivity contribution is 5.77. The maximum atomic E-state index is 11.9. The average molecular weight is 275 g/mol. The normalized spacial score (nSPS) is 13.0. The molecule has 0 aliphatic carbocycles. The predicted octanol–water partition coefficient (Wildman–Crippen LogP) is 2.85. The summed E-state index contributed by atoms with van der Waals surface area (Å²) < 4.78 is 3.36. The summed E-state index contributed by atoms with van der Waals surface area (Å²) in [7, 11) is 3.61. The van der Waals surface area contributed by atoms with Crippen LogP contribution in [0.2, 0.25) is 0 Å². The molecule has 1 unspecified atom stereocenters. The zero-order valence-corrected chi connectivity index (χ0v) is 12.7. The van der Waals surface area contributed by atoms with E-state index in [0.29, 0.717) is 0 Å². The summed E-state index contributed by atoms with van der Waals surface area (Å²) in [4.78, 5) is 11.9. The van der Waals surface area contributed by atoms with E-state index in [9.17, 15) is 4.79 Å². The highest BCUT2D eigenvalue weighted by Gasteiger charge is 2.11. The summed E-state index contributed by atoms with van der Waals surface area (Å²) in [5.74, 6) is 0. The van der Waals surface area contributed by atoms with Gasteiger partial charge in [-0.15, -0.1) is 0 Å². The number of benzene rings is 1. The molecule has 0 fully saturated rings. The van der Waals surface area contributed by atoms with Crippen molar-refractivity contribution in [3.8, 4) is 0 Å². The fourth-order valence-electron chi connectivity index (χ4n) is 2.71. The molecule has 0 amide bonds. The van der Waals surface area contributed by atoms with E-state index in [1.165, 1.54) is 25.7 Å². The summed E-state index contributed by atoms with van der Waals surface area (Å²) in [6, 6.07) is 6.16. The molecule has 110 valence electrons. The van der Waals surface area contributed by atoms with Crippen LogP contribution >= 0.6 is 0 Å². The molecule has 4 nitrogen and oxygen atoms in total. The monoisotopic (exact) mass is 275 g/mol. The number of rotatable bonds is 6. The van der Waals surface area contributed by atoms with E-state index in [1.807, 2.05) is 12.1 Å². The Hall–Kier alpha value is -1.55. The first-order valence-corrected chi connectivity index (χ1v) is 7.47. The first-order valence-electron chi connectivity index (χ1n) is 7.47. The Kier molecular flexibility index (Phi) is 4.65. The first-order chi connectivity index (χ1) is 9.56. The summed E-state index contributed by atoms with van der Waals surface area (Å²) in [5, 5.41) is 0. The molecule has 4 heteroatoms. The zero-order valence-electron chi connectivity index (χ0n) is 12.7. The van der Waals surface area contributed by atoms with Crippen LogP contribution in [0.4, 0.5) is 0 Å². The van der Waals surface area contributed by atoms with Gasteiger partial charge in [0.15, 0.2) is 0 Å². The predicted molar refractivity (Wildman–Crippen MR) is 83.8 cm³/mol. The van der Waals surface area contributed by atoms with Crippen LogP contribution < -0.4 is 11.4 Å². The van der Waals surface area contributed by atoms with Crippen molar-refractivity contribution < 1.29 is 0 Å². The summed E-state index contributed by atoms with van der Waals surface area (Å²) in [5.41, 5.74) is 9.31. The quantitative estimate of drug-likeness (QED) is 0.824. The molecule has 2 rings (SSSR count). The Morgan fingerprint density at radius 3 is 2.50 bits per heavy atom. The van der Waals surface area contributed by atoms with E-state index in [0.717, 1.165) is 23.0 Å². The minimum absolute atomic E-state index is 0.00803. The third-order valence-corrected chi connectivity index (χ3v) is 4.09. The van der Waals surface area contributed by atoms with Crippen LogP contribution in [-0.2, 0) is 14.1 Å². The minimum Gasteiger partial charge on any atom is -0.324 e. The fraction of sp³-hybridized carbons (Fsp3) is 0.562. The zero-order chi connectivity index (χ0) is 14.7. The molecule has 1 heterocycles. The summed E-state index contributed by atoms with van der Waals surface area (Å²) in [6.45, 7) is 2.21. The molecule has 0 aliphatic heterocycles. The lowest BCUT2D eigenvalue weighted by Gasteiger charge is -2.12. The van der Waals surface area contributed by atoms with Gasteiger partial charge in [-0.05, 0) is 24.1 Å². The van der Waals surface area contributed by atoms with Gasteiger partial charge in [0, 0.05) is 20.1 Å². The van der Waals surface area contributed by atoms with E-state index in [4.69, 9.17) is 5.73 Å². The number of imidazole rings is 1. The second kappa shape index (κ2) is 6.27. The number of fused-ring (bicyclic) bond motifs is 1. The topological polar surface area (TPSA) is 52.9 Å². The molecule has 0 spiro atoms. The van der Waals surface area contributed by atoms with Gasteiger partial charge in [0.1, 0.15) is 0 Å². The standard InChI is InChI=1S/C16H25N3O/c1-4-5-6-7-8-13(17)12-9-10-14-15(11-12)19(3)16(20)18(14)2/h9-11,13H,4-8,17H2,1-3H3. The van der Waals surface area contributed by atoms with Gasteiger partial charge >= 0.3 is 5.69 Å². The van der Waals surface area contributed by atoms with Crippen LogP contribution in [0.1, 0.15) is 50.6 Å². The number of nitrogens with zero attached hydrogens (tertiary/aromatic N) is 2. The van der Waals surface area contributed by atoms with Crippen molar-refractivity contribution in [3.63, 3.8) is 0 Å². The van der Waals surface area contributed by atoms with Crippen molar-refractivity contribution in [3.05, 3.63) is 34.2 Å². The number of nitrogens with two attached hydrogens (primary N) is 1. The Morgan fingerprint density at radius 2 is 1.80 bits per heavy atom. The molecular formula is C16H25N3O. The van der Waals surface area contributed by atoms with E-state index in [1.54, 1.807) is 23.2 Å². The molecule has 1 aromatic carbocycles. The van der Waals surface area contributed by atoms with Crippen LogP contribution in [0.25, 0.3) is 11.0 Å². The number of aromatic nitrogens is 2. The van der Waals surface area contributed by atoms with Gasteiger partial charge in [0.05, 0.1) is 11.0 Å². The van der Waals surface area contributed by atoms with Crippen LogP contribution in [0.5, 0.6) is 0 Å². The maximum absolute atomic E-state index is 11.9. The Balaban J connectivity index is 2.19. The molecule has 1 atom stereocenters. The van der Waals surface area contributed by atoms with Crippen molar-refractivity contribution in [1.29, 1.82) is 0 Å². The highest BCUT2D eigenvalue weighted by atomic mass is 16.1. The maximum Gasteiger partial charge on any atom is 0.328 e. The molecule has 0 bridgehead atoms. The highest BCUT2D eigenvalue weighted by Crippen LogP contribution is 2.22. The Labute approximate surface area is 120 Å². The molecular weight excluding hydrogens is 250 g/mol. The lowest BCUT2D eigenvalue weighted by molar-refractivity contribution is 0.566. The fourth-order valence-corrected chi connectivity index (χ4v) is 2.71. The van der Waals surface area contributed by atoms with Crippen LogP contribution in [0.3, 0.4) is 0 Å². The van der Waals surface area contributed by atoms with E-state index < -0.39 is 0 Å². The van der Waals surface area contributed by atoms with Crippen LogP contribution in [-0.4, -0.2) is 9.13 Å². The van der Waals surface area contributed by atoms with E-state index in [2.05, 4.69) is 13.0 Å². The van der Waals surface area contributed by atoms with Crippen molar-refractivity contribution >= 4 is 11.0 Å². The number of hydrogen-bond acceptors (Lipinski definition) is 2. The van der Waals surface area contributed by atoms with Crippen molar-refractivity contribution in [1.82, 2.24) is 9.13 Å². The average Bonchev–Trinajstić information content (AvgIpc) is 2.68.